The van der Waals surface area contributed by atoms with Gasteiger partial charge >= 0.3 is 0 Å². The summed E-state index contributed by atoms with van der Waals surface area (Å²) in [6.07, 6.45) is 1.69. The van der Waals surface area contributed by atoms with Crippen LogP contribution in [0, 0.1) is 5.82 Å². The second-order valence-corrected chi connectivity index (χ2v) is 4.61. The van der Waals surface area contributed by atoms with Crippen molar-refractivity contribution < 1.29 is 9.18 Å². The van der Waals surface area contributed by atoms with E-state index in [2.05, 4.69) is 10.2 Å². The first-order valence-corrected chi connectivity index (χ1v) is 6.34. The summed E-state index contributed by atoms with van der Waals surface area (Å²) in [5.74, 6) is -0.752. The van der Waals surface area contributed by atoms with Crippen LogP contribution in [-0.4, -0.2) is 16.1 Å². The second-order valence-electron chi connectivity index (χ2n) is 4.61. The van der Waals surface area contributed by atoms with Crippen LogP contribution >= 0.6 is 0 Å². The average molecular weight is 281 g/mol. The van der Waals surface area contributed by atoms with Crippen LogP contribution in [0.1, 0.15) is 10.4 Å². The van der Waals surface area contributed by atoms with Crippen molar-refractivity contribution in [3.8, 4) is 22.4 Å². The van der Waals surface area contributed by atoms with Crippen LogP contribution in [0.5, 0.6) is 0 Å². The Morgan fingerprint density at radius 2 is 1.62 bits per heavy atom. The van der Waals surface area contributed by atoms with Gasteiger partial charge in [-0.25, -0.2) is 4.39 Å². The quantitative estimate of drug-likeness (QED) is 0.774. The van der Waals surface area contributed by atoms with Gasteiger partial charge in [-0.15, -0.1) is 0 Å². The molecule has 0 saturated carbocycles. The number of primary amides is 1. The number of H-pyrrole nitrogens is 1. The Kier molecular flexibility index (Phi) is 3.23. The molecule has 1 amide bonds. The lowest BCUT2D eigenvalue weighted by Gasteiger charge is -2.04. The highest BCUT2D eigenvalue weighted by molar-refractivity contribution is 5.93. The molecule has 0 unspecified atom stereocenters. The molecular weight excluding hydrogens is 269 g/mol. The summed E-state index contributed by atoms with van der Waals surface area (Å²) in [5, 5.41) is 6.96. The topological polar surface area (TPSA) is 71.8 Å². The van der Waals surface area contributed by atoms with E-state index in [1.165, 1.54) is 12.1 Å². The number of carbonyl (C=O) groups is 1. The fraction of sp³-hybridized carbons (Fsp3) is 0. The maximum Gasteiger partial charge on any atom is 0.248 e. The lowest BCUT2D eigenvalue weighted by Crippen LogP contribution is -2.10. The molecule has 4 nitrogen and oxygen atoms in total. The van der Waals surface area contributed by atoms with Crippen LogP contribution in [0.3, 0.4) is 0 Å². The molecule has 21 heavy (non-hydrogen) atoms. The molecule has 3 N–H and O–H groups in total. The van der Waals surface area contributed by atoms with Gasteiger partial charge < -0.3 is 5.73 Å². The Balaban J connectivity index is 2.02. The van der Waals surface area contributed by atoms with E-state index in [0.29, 0.717) is 5.56 Å². The first-order chi connectivity index (χ1) is 10.1. The first-order valence-electron chi connectivity index (χ1n) is 6.34. The Labute approximate surface area is 120 Å². The van der Waals surface area contributed by atoms with Crippen molar-refractivity contribution in [3.05, 3.63) is 66.1 Å². The number of hydrogen-bond donors (Lipinski definition) is 2. The van der Waals surface area contributed by atoms with Crippen LogP contribution in [-0.2, 0) is 0 Å². The van der Waals surface area contributed by atoms with Gasteiger partial charge in [-0.05, 0) is 42.0 Å². The van der Waals surface area contributed by atoms with Gasteiger partial charge in [0.2, 0.25) is 5.91 Å². The van der Waals surface area contributed by atoms with E-state index in [1.807, 2.05) is 0 Å². The molecule has 104 valence electrons. The highest BCUT2D eigenvalue weighted by atomic mass is 19.1. The van der Waals surface area contributed by atoms with Crippen molar-refractivity contribution in [2.45, 2.75) is 0 Å². The molecule has 2 aromatic carbocycles. The number of amides is 1. The van der Waals surface area contributed by atoms with Gasteiger partial charge in [0, 0.05) is 16.7 Å². The van der Waals surface area contributed by atoms with Gasteiger partial charge in [0.25, 0.3) is 0 Å². The van der Waals surface area contributed by atoms with Crippen molar-refractivity contribution in [3.63, 3.8) is 0 Å². The van der Waals surface area contributed by atoms with E-state index in [4.69, 9.17) is 5.73 Å². The van der Waals surface area contributed by atoms with E-state index in [9.17, 15) is 9.18 Å². The Morgan fingerprint density at radius 1 is 1.00 bits per heavy atom. The number of nitrogens with two attached hydrogens (primary N) is 1. The number of benzene rings is 2. The van der Waals surface area contributed by atoms with Crippen LogP contribution in [0.2, 0.25) is 0 Å². The van der Waals surface area contributed by atoms with Gasteiger partial charge in [-0.1, -0.05) is 12.1 Å². The molecule has 3 rings (SSSR count). The number of aromatic nitrogens is 2. The maximum atomic E-state index is 13.0. The molecule has 0 aliphatic carbocycles. The Hall–Kier alpha value is -2.95. The molecule has 0 atom stereocenters. The van der Waals surface area contributed by atoms with E-state index in [1.54, 1.807) is 42.6 Å². The number of hydrogen-bond acceptors (Lipinski definition) is 2. The third-order valence-corrected chi connectivity index (χ3v) is 3.25. The van der Waals surface area contributed by atoms with Gasteiger partial charge in [0.15, 0.2) is 0 Å². The zero-order valence-electron chi connectivity index (χ0n) is 11.0. The summed E-state index contributed by atoms with van der Waals surface area (Å²) >= 11 is 0. The summed E-state index contributed by atoms with van der Waals surface area (Å²) in [6, 6.07) is 13.1. The Morgan fingerprint density at radius 3 is 2.24 bits per heavy atom. The van der Waals surface area contributed by atoms with Crippen LogP contribution in [0.15, 0.2) is 54.7 Å². The maximum absolute atomic E-state index is 13.0. The van der Waals surface area contributed by atoms with E-state index < -0.39 is 5.91 Å². The summed E-state index contributed by atoms with van der Waals surface area (Å²) < 4.78 is 13.0. The zero-order valence-corrected chi connectivity index (χ0v) is 11.0. The molecule has 0 radical (unpaired) electrons. The molecule has 0 bridgehead atoms. The monoisotopic (exact) mass is 281 g/mol. The standard InChI is InChI=1S/C16H12FN3O/c17-13-7-5-11(6-8-13)15-14(9-19-20-15)10-1-3-12(4-2-10)16(18)21/h1-9H,(H2,18,21)(H,19,20). The van der Waals surface area contributed by atoms with Gasteiger partial charge in [0.1, 0.15) is 5.82 Å². The van der Waals surface area contributed by atoms with Crippen molar-refractivity contribution in [1.82, 2.24) is 10.2 Å². The van der Waals surface area contributed by atoms with E-state index in [0.717, 1.165) is 22.4 Å². The lowest BCUT2D eigenvalue weighted by molar-refractivity contribution is 0.100. The normalized spacial score (nSPS) is 10.5. The van der Waals surface area contributed by atoms with Gasteiger partial charge in [-0.3, -0.25) is 9.89 Å². The molecular formula is C16H12FN3O. The van der Waals surface area contributed by atoms with Crippen LogP contribution < -0.4 is 5.73 Å². The van der Waals surface area contributed by atoms with Gasteiger partial charge in [0.05, 0.1) is 11.9 Å². The molecule has 5 heteroatoms. The minimum atomic E-state index is -0.465. The van der Waals surface area contributed by atoms with Crippen LogP contribution in [0.25, 0.3) is 22.4 Å². The van der Waals surface area contributed by atoms with Crippen molar-refractivity contribution in [2.24, 2.45) is 5.73 Å². The number of nitrogens with one attached hydrogen (secondary N) is 1. The summed E-state index contributed by atoms with van der Waals surface area (Å²) in [5.41, 5.74) is 9.07. The minimum Gasteiger partial charge on any atom is -0.366 e. The third kappa shape index (κ3) is 2.53. The average Bonchev–Trinajstić information content (AvgIpc) is 2.97. The Bertz CT molecular complexity index is 776. The summed E-state index contributed by atoms with van der Waals surface area (Å²) in [6.45, 7) is 0. The number of nitrogens with zero attached hydrogens (tertiary/aromatic N) is 1. The third-order valence-electron chi connectivity index (χ3n) is 3.25. The second kappa shape index (κ2) is 5.20. The molecule has 0 spiro atoms. The van der Waals surface area contributed by atoms with E-state index >= 15 is 0 Å². The largest absolute Gasteiger partial charge is 0.366 e. The molecule has 1 aromatic heterocycles. The van der Waals surface area contributed by atoms with Crippen molar-refractivity contribution in [1.29, 1.82) is 0 Å². The smallest absolute Gasteiger partial charge is 0.248 e. The highest BCUT2D eigenvalue weighted by Gasteiger charge is 2.10. The number of carbonyl (C=O) groups excluding carboxylic acids is 1. The number of rotatable bonds is 3. The molecule has 3 aromatic rings. The number of halogens is 1. The zero-order chi connectivity index (χ0) is 14.8. The molecule has 0 fully saturated rings. The molecule has 1 heterocycles. The number of aromatic amines is 1. The fourth-order valence-electron chi connectivity index (χ4n) is 2.16. The van der Waals surface area contributed by atoms with E-state index in [-0.39, 0.29) is 5.82 Å². The fourth-order valence-corrected chi connectivity index (χ4v) is 2.16. The van der Waals surface area contributed by atoms with Crippen molar-refractivity contribution in [2.75, 3.05) is 0 Å². The van der Waals surface area contributed by atoms with Crippen molar-refractivity contribution >= 4 is 5.91 Å². The summed E-state index contributed by atoms with van der Waals surface area (Å²) in [4.78, 5) is 11.1. The molecule has 0 aliphatic heterocycles. The summed E-state index contributed by atoms with van der Waals surface area (Å²) in [7, 11) is 0. The van der Waals surface area contributed by atoms with Crippen LogP contribution in [0.4, 0.5) is 4.39 Å². The predicted molar refractivity (Wildman–Crippen MR) is 77.9 cm³/mol. The lowest BCUT2D eigenvalue weighted by atomic mass is 10.0. The van der Waals surface area contributed by atoms with Gasteiger partial charge in [-0.2, -0.15) is 5.10 Å². The molecule has 0 aliphatic rings. The SMILES string of the molecule is NC(=O)c1ccc(-c2cn[nH]c2-c2ccc(F)cc2)cc1. The molecule has 0 saturated heterocycles. The first kappa shape index (κ1) is 13.1. The predicted octanol–water partition coefficient (Wildman–Crippen LogP) is 2.98. The highest BCUT2D eigenvalue weighted by Crippen LogP contribution is 2.30. The minimum absolute atomic E-state index is 0.286.